The van der Waals surface area contributed by atoms with Crippen molar-refractivity contribution in [2.75, 3.05) is 5.32 Å². The number of anilines is 1. The van der Waals surface area contributed by atoms with Crippen LogP contribution in [0, 0.1) is 6.92 Å². The molecule has 3 aromatic rings. The fourth-order valence-corrected chi connectivity index (χ4v) is 5.56. The van der Waals surface area contributed by atoms with Gasteiger partial charge in [0.1, 0.15) is 4.88 Å². The van der Waals surface area contributed by atoms with Crippen LogP contribution < -0.4 is 5.32 Å². The second-order valence-electron chi connectivity index (χ2n) is 7.92. The van der Waals surface area contributed by atoms with Gasteiger partial charge in [0.25, 0.3) is 0 Å². The molecule has 0 fully saturated rings. The molecule has 1 N–H and O–H groups in total. The number of benzene rings is 2. The van der Waals surface area contributed by atoms with Crippen LogP contribution in [0.15, 0.2) is 42.5 Å². The van der Waals surface area contributed by atoms with Crippen LogP contribution in [-0.4, -0.2) is 0 Å². The van der Waals surface area contributed by atoms with E-state index in [9.17, 15) is 13.2 Å². The van der Waals surface area contributed by atoms with Gasteiger partial charge in [-0.05, 0) is 79.0 Å². The van der Waals surface area contributed by atoms with Crippen LogP contribution in [0.3, 0.4) is 0 Å². The molecule has 0 spiro atoms. The molecular formula is C25H26F3NS. The van der Waals surface area contributed by atoms with Crippen molar-refractivity contribution in [3.8, 4) is 11.1 Å². The standard InChI is InChI=1S/C25H26F3NS/c1-3-17-14-18(12-13-21(17)29-15-19-9-5-4-8-16(19)2)23-20-10-6-7-11-22(20)30-24(23)25(26,27)28/h4-5,8-9,12-14,29H,3,6-7,10-11,15H2,1-2H3. The maximum absolute atomic E-state index is 13.8. The van der Waals surface area contributed by atoms with Crippen molar-refractivity contribution in [1.29, 1.82) is 0 Å². The quantitative estimate of drug-likeness (QED) is 0.436. The number of halogens is 3. The van der Waals surface area contributed by atoms with Gasteiger partial charge in [0.2, 0.25) is 0 Å². The Bertz CT molecular complexity index is 1050. The molecular weight excluding hydrogens is 403 g/mol. The molecule has 158 valence electrons. The van der Waals surface area contributed by atoms with Gasteiger partial charge in [-0.25, -0.2) is 0 Å². The van der Waals surface area contributed by atoms with Gasteiger partial charge in [0.05, 0.1) is 0 Å². The van der Waals surface area contributed by atoms with Gasteiger partial charge in [-0.1, -0.05) is 37.3 Å². The largest absolute Gasteiger partial charge is 0.426 e. The Morgan fingerprint density at radius 1 is 1.00 bits per heavy atom. The Morgan fingerprint density at radius 2 is 1.77 bits per heavy atom. The summed E-state index contributed by atoms with van der Waals surface area (Å²) in [7, 11) is 0. The number of thiophene rings is 1. The number of fused-ring (bicyclic) bond motifs is 1. The normalized spacial score (nSPS) is 13.9. The summed E-state index contributed by atoms with van der Waals surface area (Å²) in [6, 6.07) is 14.0. The highest BCUT2D eigenvalue weighted by Crippen LogP contribution is 2.48. The van der Waals surface area contributed by atoms with E-state index in [1.807, 2.05) is 37.3 Å². The lowest BCUT2D eigenvalue weighted by atomic mass is 9.90. The highest BCUT2D eigenvalue weighted by molar-refractivity contribution is 7.12. The summed E-state index contributed by atoms with van der Waals surface area (Å²) in [6.45, 7) is 4.83. The maximum Gasteiger partial charge on any atom is 0.426 e. The predicted octanol–water partition coefficient (Wildman–Crippen LogP) is 7.80. The van der Waals surface area contributed by atoms with E-state index in [0.29, 0.717) is 17.7 Å². The van der Waals surface area contributed by atoms with Gasteiger partial charge in [0, 0.05) is 22.7 Å². The summed E-state index contributed by atoms with van der Waals surface area (Å²) >= 11 is 0.950. The Labute approximate surface area is 180 Å². The number of nitrogens with one attached hydrogen (secondary N) is 1. The zero-order valence-corrected chi connectivity index (χ0v) is 18.1. The Kier molecular flexibility index (Phi) is 5.92. The van der Waals surface area contributed by atoms with Crippen molar-refractivity contribution in [3.63, 3.8) is 0 Å². The Hall–Kier alpha value is -2.27. The average molecular weight is 430 g/mol. The van der Waals surface area contributed by atoms with Crippen molar-refractivity contribution in [1.82, 2.24) is 0 Å². The van der Waals surface area contributed by atoms with Gasteiger partial charge >= 0.3 is 6.18 Å². The lowest BCUT2D eigenvalue weighted by molar-refractivity contribution is -0.133. The highest BCUT2D eigenvalue weighted by atomic mass is 32.1. The zero-order valence-electron chi connectivity index (χ0n) is 17.3. The van der Waals surface area contributed by atoms with E-state index in [4.69, 9.17) is 0 Å². The molecule has 1 aliphatic rings. The number of alkyl halides is 3. The van der Waals surface area contributed by atoms with Gasteiger partial charge in [-0.3, -0.25) is 0 Å². The molecule has 0 saturated heterocycles. The topological polar surface area (TPSA) is 12.0 Å². The van der Waals surface area contributed by atoms with E-state index < -0.39 is 11.1 Å². The number of hydrogen-bond acceptors (Lipinski definition) is 2. The van der Waals surface area contributed by atoms with Crippen molar-refractivity contribution in [3.05, 3.63) is 74.5 Å². The van der Waals surface area contributed by atoms with E-state index in [1.165, 1.54) is 11.1 Å². The van der Waals surface area contributed by atoms with Gasteiger partial charge in [0.15, 0.2) is 0 Å². The zero-order chi connectivity index (χ0) is 21.3. The van der Waals surface area contributed by atoms with Gasteiger partial charge in [-0.15, -0.1) is 11.3 Å². The molecule has 0 radical (unpaired) electrons. The minimum Gasteiger partial charge on any atom is -0.381 e. The van der Waals surface area contributed by atoms with Gasteiger partial charge in [-0.2, -0.15) is 13.2 Å². The SMILES string of the molecule is CCc1cc(-c2c(C(F)(F)F)sc3c2CCCC3)ccc1NCc1ccccc1C. The first-order valence-corrected chi connectivity index (χ1v) is 11.3. The third-order valence-electron chi connectivity index (χ3n) is 5.93. The third-order valence-corrected chi connectivity index (χ3v) is 7.27. The van der Waals surface area contributed by atoms with E-state index >= 15 is 0 Å². The lowest BCUT2D eigenvalue weighted by Crippen LogP contribution is -2.06. The fourth-order valence-electron chi connectivity index (χ4n) is 4.28. The van der Waals surface area contributed by atoms with Crippen LogP contribution in [-0.2, 0) is 32.0 Å². The fraction of sp³-hybridized carbons (Fsp3) is 0.360. The molecule has 4 rings (SSSR count). The molecule has 1 heterocycles. The molecule has 0 saturated carbocycles. The maximum atomic E-state index is 13.8. The first-order valence-electron chi connectivity index (χ1n) is 10.5. The molecule has 0 aliphatic heterocycles. The third kappa shape index (κ3) is 4.13. The first-order chi connectivity index (χ1) is 14.4. The molecule has 0 amide bonds. The minimum absolute atomic E-state index is 0.419. The molecule has 5 heteroatoms. The Balaban J connectivity index is 1.70. The van der Waals surface area contributed by atoms with Crippen molar-refractivity contribution < 1.29 is 13.2 Å². The predicted molar refractivity (Wildman–Crippen MR) is 119 cm³/mol. The molecule has 1 nitrogen and oxygen atoms in total. The molecule has 0 atom stereocenters. The summed E-state index contributed by atoms with van der Waals surface area (Å²) < 4.78 is 41.5. The molecule has 1 aliphatic carbocycles. The van der Waals surface area contributed by atoms with Crippen LogP contribution in [0.25, 0.3) is 11.1 Å². The molecule has 0 unspecified atom stereocenters. The van der Waals surface area contributed by atoms with Crippen LogP contribution in [0.5, 0.6) is 0 Å². The number of rotatable bonds is 5. The van der Waals surface area contributed by atoms with E-state index in [-0.39, 0.29) is 0 Å². The van der Waals surface area contributed by atoms with Gasteiger partial charge < -0.3 is 5.32 Å². The molecule has 1 aromatic heterocycles. The number of aryl methyl sites for hydroxylation is 3. The van der Waals surface area contributed by atoms with Crippen LogP contribution in [0.1, 0.15) is 51.8 Å². The summed E-state index contributed by atoms with van der Waals surface area (Å²) in [4.78, 5) is 0.487. The Morgan fingerprint density at radius 3 is 2.50 bits per heavy atom. The van der Waals surface area contributed by atoms with Crippen molar-refractivity contribution >= 4 is 17.0 Å². The lowest BCUT2D eigenvalue weighted by Gasteiger charge is -2.17. The van der Waals surface area contributed by atoms with E-state index in [2.05, 4.69) is 24.4 Å². The second-order valence-corrected chi connectivity index (χ2v) is 9.02. The molecule has 2 aromatic carbocycles. The summed E-state index contributed by atoms with van der Waals surface area (Å²) in [5.74, 6) is 0. The molecule has 30 heavy (non-hydrogen) atoms. The average Bonchev–Trinajstić information content (AvgIpc) is 3.13. The highest BCUT2D eigenvalue weighted by Gasteiger charge is 2.38. The van der Waals surface area contributed by atoms with Crippen molar-refractivity contribution in [2.24, 2.45) is 0 Å². The summed E-state index contributed by atoms with van der Waals surface area (Å²) in [5, 5.41) is 3.48. The summed E-state index contributed by atoms with van der Waals surface area (Å²) in [5.41, 5.74) is 6.50. The van der Waals surface area contributed by atoms with Crippen LogP contribution in [0.2, 0.25) is 0 Å². The first kappa shape index (κ1) is 21.0. The number of hydrogen-bond donors (Lipinski definition) is 1. The monoisotopic (exact) mass is 429 g/mol. The second kappa shape index (κ2) is 8.46. The van der Waals surface area contributed by atoms with Crippen LogP contribution in [0.4, 0.5) is 18.9 Å². The smallest absolute Gasteiger partial charge is 0.381 e. The van der Waals surface area contributed by atoms with Crippen molar-refractivity contribution in [2.45, 2.75) is 58.7 Å². The van der Waals surface area contributed by atoms with Crippen LogP contribution >= 0.6 is 11.3 Å². The molecule has 0 bridgehead atoms. The van der Waals surface area contributed by atoms with E-state index in [0.717, 1.165) is 65.1 Å². The van der Waals surface area contributed by atoms with E-state index in [1.54, 1.807) is 0 Å². The summed E-state index contributed by atoms with van der Waals surface area (Å²) in [6.07, 6.45) is -0.105. The minimum atomic E-state index is -4.31.